The third-order valence-corrected chi connectivity index (χ3v) is 4.73. The summed E-state index contributed by atoms with van der Waals surface area (Å²) in [5.74, 6) is -1.16. The summed E-state index contributed by atoms with van der Waals surface area (Å²) in [6.45, 7) is 0.479. The van der Waals surface area contributed by atoms with Gasteiger partial charge in [-0.2, -0.15) is 0 Å². The monoisotopic (exact) mass is 337 g/mol. The van der Waals surface area contributed by atoms with Gasteiger partial charge in [0, 0.05) is 19.2 Å². The Bertz CT molecular complexity index is 649. The van der Waals surface area contributed by atoms with Crippen LogP contribution in [-0.4, -0.2) is 36.5 Å². The number of nitrogens with one attached hydrogen (secondary N) is 2. The average Bonchev–Trinajstić information content (AvgIpc) is 3.29. The molecule has 0 aromatic heterocycles. The van der Waals surface area contributed by atoms with E-state index in [0.717, 1.165) is 37.5 Å². The van der Waals surface area contributed by atoms with Gasteiger partial charge >= 0.3 is 6.03 Å². The second-order valence-electron chi connectivity index (χ2n) is 6.40. The van der Waals surface area contributed by atoms with E-state index in [2.05, 4.69) is 10.6 Å². The SMILES string of the molecule is CNC(=O)[C@H]1CCCN1C(=O)N[C@@H](c1cc(F)ccc1F)C1CC1. The van der Waals surface area contributed by atoms with Crippen molar-refractivity contribution in [2.45, 2.75) is 37.8 Å². The van der Waals surface area contributed by atoms with Crippen molar-refractivity contribution < 1.29 is 18.4 Å². The number of rotatable bonds is 4. The molecular weight excluding hydrogens is 316 g/mol. The van der Waals surface area contributed by atoms with Gasteiger partial charge in [-0.1, -0.05) is 0 Å². The van der Waals surface area contributed by atoms with Gasteiger partial charge < -0.3 is 15.5 Å². The van der Waals surface area contributed by atoms with Crippen molar-refractivity contribution in [3.8, 4) is 0 Å². The molecule has 3 amide bonds. The maximum atomic E-state index is 14.1. The van der Waals surface area contributed by atoms with Gasteiger partial charge in [-0.05, 0) is 49.8 Å². The van der Waals surface area contributed by atoms with Crippen molar-refractivity contribution in [2.24, 2.45) is 5.92 Å². The number of halogens is 2. The highest BCUT2D eigenvalue weighted by Gasteiger charge is 2.39. The second-order valence-corrected chi connectivity index (χ2v) is 6.40. The van der Waals surface area contributed by atoms with E-state index >= 15 is 0 Å². The first-order valence-corrected chi connectivity index (χ1v) is 8.25. The molecule has 3 rings (SSSR count). The molecule has 0 radical (unpaired) electrons. The predicted molar refractivity (Wildman–Crippen MR) is 84.1 cm³/mol. The fourth-order valence-corrected chi connectivity index (χ4v) is 3.30. The van der Waals surface area contributed by atoms with Gasteiger partial charge in [0.15, 0.2) is 0 Å². The molecule has 1 saturated carbocycles. The van der Waals surface area contributed by atoms with Crippen LogP contribution in [0.1, 0.15) is 37.3 Å². The number of hydrogen-bond acceptors (Lipinski definition) is 2. The van der Waals surface area contributed by atoms with Crippen LogP contribution < -0.4 is 10.6 Å². The van der Waals surface area contributed by atoms with E-state index in [0.29, 0.717) is 13.0 Å². The van der Waals surface area contributed by atoms with Gasteiger partial charge in [-0.15, -0.1) is 0 Å². The van der Waals surface area contributed by atoms with Crippen LogP contribution in [0.4, 0.5) is 13.6 Å². The molecule has 0 unspecified atom stereocenters. The van der Waals surface area contributed by atoms with E-state index in [-0.39, 0.29) is 17.4 Å². The standard InChI is InChI=1S/C17H21F2N3O2/c1-20-16(23)14-3-2-8-22(14)17(24)21-15(10-4-5-10)12-9-11(18)6-7-13(12)19/h6-7,9-10,14-15H,2-5,8H2,1H3,(H,20,23)(H,21,24)/t14-,15-/m1/s1. The molecule has 2 N–H and O–H groups in total. The Morgan fingerprint density at radius 3 is 2.67 bits per heavy atom. The maximum absolute atomic E-state index is 14.1. The van der Waals surface area contributed by atoms with Crippen molar-refractivity contribution in [2.75, 3.05) is 13.6 Å². The molecule has 5 nitrogen and oxygen atoms in total. The van der Waals surface area contributed by atoms with E-state index in [1.807, 2.05) is 0 Å². The summed E-state index contributed by atoms with van der Waals surface area (Å²) < 4.78 is 27.6. The minimum absolute atomic E-state index is 0.103. The Labute approximate surface area is 139 Å². The van der Waals surface area contributed by atoms with E-state index in [1.165, 1.54) is 11.9 Å². The third kappa shape index (κ3) is 3.34. The summed E-state index contributed by atoms with van der Waals surface area (Å²) in [4.78, 5) is 26.0. The van der Waals surface area contributed by atoms with E-state index in [4.69, 9.17) is 0 Å². The molecule has 1 heterocycles. The van der Waals surface area contributed by atoms with Crippen molar-refractivity contribution in [3.63, 3.8) is 0 Å². The molecule has 7 heteroatoms. The Hall–Kier alpha value is -2.18. The third-order valence-electron chi connectivity index (χ3n) is 4.73. The first-order valence-electron chi connectivity index (χ1n) is 8.25. The molecule has 1 saturated heterocycles. The smallest absolute Gasteiger partial charge is 0.318 e. The Morgan fingerprint density at radius 1 is 1.25 bits per heavy atom. The minimum atomic E-state index is -0.570. The lowest BCUT2D eigenvalue weighted by atomic mass is 10.0. The molecule has 0 bridgehead atoms. The number of carbonyl (C=O) groups excluding carboxylic acids is 2. The molecule has 130 valence electrons. The highest BCUT2D eigenvalue weighted by Crippen LogP contribution is 2.42. The molecule has 1 aliphatic heterocycles. The molecule has 2 atom stereocenters. The van der Waals surface area contributed by atoms with Crippen molar-refractivity contribution in [1.82, 2.24) is 15.5 Å². The normalized spacial score (nSPS) is 21.5. The first kappa shape index (κ1) is 16.7. The van der Waals surface area contributed by atoms with Crippen molar-refractivity contribution in [1.29, 1.82) is 0 Å². The molecule has 1 aromatic carbocycles. The molecule has 1 aromatic rings. The quantitative estimate of drug-likeness (QED) is 0.886. The van der Waals surface area contributed by atoms with E-state index < -0.39 is 29.7 Å². The Morgan fingerprint density at radius 2 is 2.00 bits per heavy atom. The summed E-state index contributed by atoms with van der Waals surface area (Å²) in [5.41, 5.74) is 0.168. The summed E-state index contributed by atoms with van der Waals surface area (Å²) in [7, 11) is 1.53. The number of likely N-dealkylation sites (tertiary alicyclic amines) is 1. The number of urea groups is 1. The number of hydrogen-bond donors (Lipinski definition) is 2. The molecular formula is C17H21F2N3O2. The van der Waals surface area contributed by atoms with Crippen LogP contribution in [-0.2, 0) is 4.79 Å². The number of benzene rings is 1. The van der Waals surface area contributed by atoms with Gasteiger partial charge in [-0.25, -0.2) is 13.6 Å². The van der Waals surface area contributed by atoms with Crippen LogP contribution in [0.2, 0.25) is 0 Å². The van der Waals surface area contributed by atoms with Crippen LogP contribution >= 0.6 is 0 Å². The van der Waals surface area contributed by atoms with Crippen molar-refractivity contribution >= 4 is 11.9 Å². The summed E-state index contributed by atoms with van der Waals surface area (Å²) in [6, 6.07) is 1.80. The van der Waals surface area contributed by atoms with Crippen LogP contribution in [0, 0.1) is 17.6 Å². The number of amides is 3. The fraction of sp³-hybridized carbons (Fsp3) is 0.529. The number of carbonyl (C=O) groups is 2. The largest absolute Gasteiger partial charge is 0.357 e. The molecule has 2 aliphatic rings. The Balaban J connectivity index is 1.77. The van der Waals surface area contributed by atoms with Gasteiger partial charge in [-0.3, -0.25) is 4.79 Å². The van der Waals surface area contributed by atoms with Crippen LogP contribution in [0.3, 0.4) is 0 Å². The first-order chi connectivity index (χ1) is 11.5. The summed E-state index contributed by atoms with van der Waals surface area (Å²) in [6.07, 6.45) is 3.07. The second kappa shape index (κ2) is 6.75. The van der Waals surface area contributed by atoms with Crippen LogP contribution in [0.25, 0.3) is 0 Å². The molecule has 1 aliphatic carbocycles. The lowest BCUT2D eigenvalue weighted by molar-refractivity contribution is -0.124. The zero-order valence-corrected chi connectivity index (χ0v) is 13.5. The fourth-order valence-electron chi connectivity index (χ4n) is 3.30. The number of nitrogens with zero attached hydrogens (tertiary/aromatic N) is 1. The van der Waals surface area contributed by atoms with E-state index in [9.17, 15) is 18.4 Å². The van der Waals surface area contributed by atoms with Gasteiger partial charge in [0.1, 0.15) is 17.7 Å². The zero-order chi connectivity index (χ0) is 17.3. The predicted octanol–water partition coefficient (Wildman–Crippen LogP) is 2.34. The zero-order valence-electron chi connectivity index (χ0n) is 13.5. The molecule has 24 heavy (non-hydrogen) atoms. The van der Waals surface area contributed by atoms with Gasteiger partial charge in [0.25, 0.3) is 0 Å². The molecule has 0 spiro atoms. The molecule has 2 fully saturated rings. The van der Waals surface area contributed by atoms with Crippen LogP contribution in [0.5, 0.6) is 0 Å². The lowest BCUT2D eigenvalue weighted by Crippen LogP contribution is -2.49. The Kier molecular flexibility index (Phi) is 4.69. The highest BCUT2D eigenvalue weighted by molar-refractivity contribution is 5.87. The maximum Gasteiger partial charge on any atom is 0.318 e. The average molecular weight is 337 g/mol. The number of likely N-dealkylation sites (N-methyl/N-ethyl adjacent to an activating group) is 1. The van der Waals surface area contributed by atoms with Crippen molar-refractivity contribution in [3.05, 3.63) is 35.4 Å². The topological polar surface area (TPSA) is 61.4 Å². The summed E-state index contributed by atoms with van der Waals surface area (Å²) in [5, 5.41) is 5.37. The van der Waals surface area contributed by atoms with Gasteiger partial charge in [0.2, 0.25) is 5.91 Å². The summed E-state index contributed by atoms with van der Waals surface area (Å²) >= 11 is 0. The van der Waals surface area contributed by atoms with Gasteiger partial charge in [0.05, 0.1) is 6.04 Å². The highest BCUT2D eigenvalue weighted by atomic mass is 19.1. The van der Waals surface area contributed by atoms with E-state index in [1.54, 1.807) is 0 Å². The minimum Gasteiger partial charge on any atom is -0.357 e. The lowest BCUT2D eigenvalue weighted by Gasteiger charge is -2.27. The van der Waals surface area contributed by atoms with Crippen LogP contribution in [0.15, 0.2) is 18.2 Å².